The first-order valence-corrected chi connectivity index (χ1v) is 9.71. The van der Waals surface area contributed by atoms with Crippen molar-refractivity contribution in [2.75, 3.05) is 6.54 Å². The van der Waals surface area contributed by atoms with Gasteiger partial charge in [0.15, 0.2) is 0 Å². The fourth-order valence-corrected chi connectivity index (χ4v) is 4.75. The van der Waals surface area contributed by atoms with Crippen molar-refractivity contribution in [3.63, 3.8) is 0 Å². The van der Waals surface area contributed by atoms with Crippen LogP contribution in [0.4, 0.5) is 0 Å². The van der Waals surface area contributed by atoms with Crippen LogP contribution in [0.2, 0.25) is 0 Å². The quantitative estimate of drug-likeness (QED) is 0.734. The SMILES string of the molecule is CCNCc1ccc(S(=O)(=O)NC(C)CC2CC2)c(Br)c1. The molecule has 0 radical (unpaired) electrons. The van der Waals surface area contributed by atoms with E-state index < -0.39 is 10.0 Å². The van der Waals surface area contributed by atoms with Gasteiger partial charge in [-0.15, -0.1) is 0 Å². The van der Waals surface area contributed by atoms with Crippen LogP contribution >= 0.6 is 15.9 Å². The third kappa shape index (κ3) is 5.06. The van der Waals surface area contributed by atoms with Crippen LogP contribution in [0.1, 0.15) is 38.7 Å². The summed E-state index contributed by atoms with van der Waals surface area (Å²) in [6.07, 6.45) is 3.39. The average Bonchev–Trinajstić information content (AvgIpc) is 3.19. The van der Waals surface area contributed by atoms with Gasteiger partial charge in [-0.05, 0) is 59.4 Å². The lowest BCUT2D eigenvalue weighted by molar-refractivity contribution is 0.529. The summed E-state index contributed by atoms with van der Waals surface area (Å²) in [7, 11) is -3.46. The summed E-state index contributed by atoms with van der Waals surface area (Å²) >= 11 is 3.38. The van der Waals surface area contributed by atoms with E-state index >= 15 is 0 Å². The second kappa shape index (κ2) is 7.22. The van der Waals surface area contributed by atoms with E-state index in [1.807, 2.05) is 26.0 Å². The molecular formula is C15H23BrN2O2S. The Morgan fingerprint density at radius 2 is 2.10 bits per heavy atom. The molecule has 2 N–H and O–H groups in total. The zero-order valence-corrected chi connectivity index (χ0v) is 14.9. The third-order valence-corrected chi connectivity index (χ3v) is 6.17. The Bertz CT molecular complexity index is 585. The molecule has 4 nitrogen and oxygen atoms in total. The highest BCUT2D eigenvalue weighted by molar-refractivity contribution is 9.10. The van der Waals surface area contributed by atoms with Crippen molar-refractivity contribution in [1.82, 2.24) is 10.0 Å². The Morgan fingerprint density at radius 3 is 2.67 bits per heavy atom. The topological polar surface area (TPSA) is 58.2 Å². The molecule has 118 valence electrons. The minimum atomic E-state index is -3.46. The molecule has 1 aliphatic rings. The first-order valence-electron chi connectivity index (χ1n) is 7.44. The van der Waals surface area contributed by atoms with Crippen molar-refractivity contribution in [2.45, 2.75) is 50.6 Å². The number of rotatable bonds is 8. The van der Waals surface area contributed by atoms with E-state index in [2.05, 4.69) is 26.0 Å². The number of halogens is 1. The van der Waals surface area contributed by atoms with Crippen molar-refractivity contribution < 1.29 is 8.42 Å². The lowest BCUT2D eigenvalue weighted by Gasteiger charge is -2.15. The van der Waals surface area contributed by atoms with Crippen LogP contribution in [0.3, 0.4) is 0 Å². The Hall–Kier alpha value is -0.430. The highest BCUT2D eigenvalue weighted by Crippen LogP contribution is 2.34. The molecule has 1 saturated carbocycles. The molecule has 21 heavy (non-hydrogen) atoms. The molecule has 0 amide bonds. The van der Waals surface area contributed by atoms with Crippen LogP contribution in [0.25, 0.3) is 0 Å². The highest BCUT2D eigenvalue weighted by atomic mass is 79.9. The van der Waals surface area contributed by atoms with Gasteiger partial charge in [-0.1, -0.05) is 25.8 Å². The molecule has 1 unspecified atom stereocenters. The largest absolute Gasteiger partial charge is 0.313 e. The maximum atomic E-state index is 12.4. The van der Waals surface area contributed by atoms with Crippen LogP contribution in [-0.4, -0.2) is 21.0 Å². The van der Waals surface area contributed by atoms with Crippen LogP contribution in [-0.2, 0) is 16.6 Å². The van der Waals surface area contributed by atoms with Crippen molar-refractivity contribution in [1.29, 1.82) is 0 Å². The average molecular weight is 375 g/mol. The molecule has 0 aliphatic heterocycles. The molecule has 0 aromatic heterocycles. The van der Waals surface area contributed by atoms with Crippen LogP contribution in [0.5, 0.6) is 0 Å². The van der Waals surface area contributed by atoms with E-state index in [-0.39, 0.29) is 6.04 Å². The minimum absolute atomic E-state index is 0.0177. The fourth-order valence-electron chi connectivity index (χ4n) is 2.37. The molecule has 0 bridgehead atoms. The lowest BCUT2D eigenvalue weighted by atomic mass is 10.2. The number of nitrogens with one attached hydrogen (secondary N) is 2. The summed E-state index contributed by atoms with van der Waals surface area (Å²) in [5.74, 6) is 0.702. The third-order valence-electron chi connectivity index (χ3n) is 3.61. The molecule has 0 saturated heterocycles. The van der Waals surface area contributed by atoms with Crippen LogP contribution in [0, 0.1) is 5.92 Å². The van der Waals surface area contributed by atoms with E-state index in [9.17, 15) is 8.42 Å². The lowest BCUT2D eigenvalue weighted by Crippen LogP contribution is -2.33. The van der Waals surface area contributed by atoms with E-state index in [0.29, 0.717) is 15.3 Å². The summed E-state index contributed by atoms with van der Waals surface area (Å²) in [5, 5.41) is 3.22. The molecule has 0 heterocycles. The van der Waals surface area contributed by atoms with Gasteiger partial charge in [0.25, 0.3) is 0 Å². The molecule has 1 aliphatic carbocycles. The maximum Gasteiger partial charge on any atom is 0.241 e. The second-order valence-electron chi connectivity index (χ2n) is 5.75. The molecule has 0 spiro atoms. The number of benzene rings is 1. The predicted molar refractivity (Wildman–Crippen MR) is 88.6 cm³/mol. The summed E-state index contributed by atoms with van der Waals surface area (Å²) in [6, 6.07) is 5.37. The summed E-state index contributed by atoms with van der Waals surface area (Å²) in [6.45, 7) is 5.60. The zero-order valence-electron chi connectivity index (χ0n) is 12.5. The summed E-state index contributed by atoms with van der Waals surface area (Å²) < 4.78 is 28.3. The Kier molecular flexibility index (Phi) is 5.82. The van der Waals surface area contributed by atoms with E-state index in [0.717, 1.165) is 25.1 Å². The molecule has 1 atom stereocenters. The zero-order chi connectivity index (χ0) is 15.5. The monoisotopic (exact) mass is 374 g/mol. The first kappa shape index (κ1) is 16.9. The van der Waals surface area contributed by atoms with Crippen molar-refractivity contribution >= 4 is 26.0 Å². The molecule has 1 aromatic rings. The normalized spacial score (nSPS) is 16.9. The molecule has 1 fully saturated rings. The van der Waals surface area contributed by atoms with Crippen molar-refractivity contribution in [3.8, 4) is 0 Å². The van der Waals surface area contributed by atoms with Gasteiger partial charge in [-0.25, -0.2) is 13.1 Å². The predicted octanol–water partition coefficient (Wildman–Crippen LogP) is 3.03. The highest BCUT2D eigenvalue weighted by Gasteiger charge is 2.27. The molecule has 6 heteroatoms. The summed E-state index contributed by atoms with van der Waals surface area (Å²) in [5.41, 5.74) is 1.06. The van der Waals surface area contributed by atoms with Gasteiger partial charge >= 0.3 is 0 Å². The second-order valence-corrected chi connectivity index (χ2v) is 8.28. The van der Waals surface area contributed by atoms with Gasteiger partial charge < -0.3 is 5.32 Å². The van der Waals surface area contributed by atoms with Crippen LogP contribution < -0.4 is 10.0 Å². The van der Waals surface area contributed by atoms with Crippen molar-refractivity contribution in [2.24, 2.45) is 5.92 Å². The van der Waals surface area contributed by atoms with E-state index in [4.69, 9.17) is 0 Å². The van der Waals surface area contributed by atoms with Gasteiger partial charge in [0, 0.05) is 17.1 Å². The number of hydrogen-bond acceptors (Lipinski definition) is 3. The molecule has 1 aromatic carbocycles. The van der Waals surface area contributed by atoms with E-state index in [1.165, 1.54) is 12.8 Å². The standard InChI is InChI=1S/C15H23BrN2O2S/c1-3-17-10-13-6-7-15(14(16)9-13)21(19,20)18-11(2)8-12-4-5-12/h6-7,9,11-12,17-18H,3-5,8,10H2,1-2H3. The van der Waals surface area contributed by atoms with E-state index in [1.54, 1.807) is 6.07 Å². The summed E-state index contributed by atoms with van der Waals surface area (Å²) in [4.78, 5) is 0.311. The molecule has 2 rings (SSSR count). The van der Waals surface area contributed by atoms with Crippen LogP contribution in [0.15, 0.2) is 27.6 Å². The molecular weight excluding hydrogens is 352 g/mol. The smallest absolute Gasteiger partial charge is 0.241 e. The Morgan fingerprint density at radius 1 is 1.38 bits per heavy atom. The van der Waals surface area contributed by atoms with Gasteiger partial charge in [0.1, 0.15) is 0 Å². The Balaban J connectivity index is 2.07. The number of hydrogen-bond donors (Lipinski definition) is 2. The fraction of sp³-hybridized carbons (Fsp3) is 0.600. The minimum Gasteiger partial charge on any atom is -0.313 e. The maximum absolute atomic E-state index is 12.4. The van der Waals surface area contributed by atoms with Gasteiger partial charge in [0.2, 0.25) is 10.0 Å². The first-order chi connectivity index (χ1) is 9.92. The number of sulfonamides is 1. The van der Waals surface area contributed by atoms with Crippen molar-refractivity contribution in [3.05, 3.63) is 28.2 Å². The van der Waals surface area contributed by atoms with Gasteiger partial charge in [-0.2, -0.15) is 0 Å². The van der Waals surface area contributed by atoms with Gasteiger partial charge in [-0.3, -0.25) is 0 Å². The van der Waals surface area contributed by atoms with Gasteiger partial charge in [0.05, 0.1) is 4.90 Å². The Labute approximate surface area is 135 Å².